The summed E-state index contributed by atoms with van der Waals surface area (Å²) in [6, 6.07) is 0. The molecule has 1 fully saturated rings. The van der Waals surface area contributed by atoms with E-state index in [1.807, 2.05) is 0 Å². The quantitative estimate of drug-likeness (QED) is 0.429. The molecule has 0 spiro atoms. The van der Waals surface area contributed by atoms with Gasteiger partial charge in [-0.05, 0) is 6.92 Å². The fourth-order valence-corrected chi connectivity index (χ4v) is 2.45. The van der Waals surface area contributed by atoms with Crippen molar-refractivity contribution in [1.82, 2.24) is 0 Å². The number of hydrogen-bond donors (Lipinski definition) is 0. The van der Waals surface area contributed by atoms with Gasteiger partial charge in [0.2, 0.25) is 0 Å². The lowest BCUT2D eigenvalue weighted by atomic mass is 10.0. The van der Waals surface area contributed by atoms with Crippen LogP contribution in [0.4, 0.5) is 13.2 Å². The van der Waals surface area contributed by atoms with Crippen molar-refractivity contribution in [2.75, 3.05) is 7.11 Å². The molecule has 1 aliphatic heterocycles. The van der Waals surface area contributed by atoms with Gasteiger partial charge >= 0.3 is 21.6 Å². The van der Waals surface area contributed by atoms with Crippen molar-refractivity contribution < 1.29 is 44.8 Å². The minimum atomic E-state index is -5.82. The maximum absolute atomic E-state index is 12.4. The van der Waals surface area contributed by atoms with Gasteiger partial charge in [0.15, 0.2) is 12.4 Å². The Kier molecular flexibility index (Phi) is 5.58. The smallest absolute Gasteiger partial charge is 0.457 e. The molecule has 1 heterocycles. The van der Waals surface area contributed by atoms with Crippen LogP contribution in [0.15, 0.2) is 0 Å². The monoisotopic (exact) mass is 336 g/mol. The van der Waals surface area contributed by atoms with E-state index in [4.69, 9.17) is 14.2 Å². The van der Waals surface area contributed by atoms with Crippen molar-refractivity contribution in [1.29, 1.82) is 0 Å². The van der Waals surface area contributed by atoms with Gasteiger partial charge in [0, 0.05) is 20.5 Å². The van der Waals surface area contributed by atoms with Crippen molar-refractivity contribution in [2.24, 2.45) is 0 Å². The van der Waals surface area contributed by atoms with Gasteiger partial charge in [-0.1, -0.05) is 0 Å². The predicted molar refractivity (Wildman–Crippen MR) is 61.4 cm³/mol. The lowest BCUT2D eigenvalue weighted by Crippen LogP contribution is -2.52. The molecule has 1 rings (SSSR count). The first-order valence-electron chi connectivity index (χ1n) is 5.83. The highest BCUT2D eigenvalue weighted by Gasteiger charge is 2.52. The topological polar surface area (TPSA) is 88.1 Å². The predicted octanol–water partition coefficient (Wildman–Crippen LogP) is 0.934. The summed E-state index contributed by atoms with van der Waals surface area (Å²) in [5, 5.41) is 0. The largest absolute Gasteiger partial charge is 0.523 e. The summed E-state index contributed by atoms with van der Waals surface area (Å²) in [4.78, 5) is 11.0. The first kappa shape index (κ1) is 18.1. The van der Waals surface area contributed by atoms with E-state index in [1.165, 1.54) is 14.0 Å². The van der Waals surface area contributed by atoms with Crippen LogP contribution in [0.5, 0.6) is 0 Å². The summed E-state index contributed by atoms with van der Waals surface area (Å²) in [5.74, 6) is -0.802. The highest BCUT2D eigenvalue weighted by molar-refractivity contribution is 7.87. The summed E-state index contributed by atoms with van der Waals surface area (Å²) in [7, 11) is -4.59. The van der Waals surface area contributed by atoms with E-state index in [-0.39, 0.29) is 6.42 Å². The van der Waals surface area contributed by atoms with Crippen LogP contribution in [0.1, 0.15) is 20.3 Å². The number of halogens is 3. The molecule has 0 aromatic carbocycles. The second-order valence-corrected chi connectivity index (χ2v) is 5.91. The van der Waals surface area contributed by atoms with Gasteiger partial charge in [-0.25, -0.2) is 0 Å². The van der Waals surface area contributed by atoms with Crippen molar-refractivity contribution >= 4 is 16.1 Å². The van der Waals surface area contributed by atoms with E-state index >= 15 is 0 Å². The molecule has 0 radical (unpaired) electrons. The molecule has 11 heteroatoms. The molecule has 0 amide bonds. The SMILES string of the molecule is CO[C@H]1C[C@@H](OS(=O)(=O)C(F)(F)F)[C@@H](OC(C)=O)[C@H](C)O1. The summed E-state index contributed by atoms with van der Waals surface area (Å²) in [5.41, 5.74) is -5.57. The maximum Gasteiger partial charge on any atom is 0.523 e. The fraction of sp³-hybridized carbons (Fsp3) is 0.900. The number of methoxy groups -OCH3 is 1. The molecule has 0 unspecified atom stereocenters. The summed E-state index contributed by atoms with van der Waals surface area (Å²) in [6.45, 7) is 2.43. The first-order chi connectivity index (χ1) is 9.48. The van der Waals surface area contributed by atoms with Gasteiger partial charge in [0.05, 0.1) is 6.10 Å². The molecule has 0 bridgehead atoms. The van der Waals surface area contributed by atoms with Gasteiger partial charge in [0.1, 0.15) is 6.10 Å². The lowest BCUT2D eigenvalue weighted by molar-refractivity contribution is -0.240. The van der Waals surface area contributed by atoms with E-state index < -0.39 is 46.2 Å². The summed E-state index contributed by atoms with van der Waals surface area (Å²) >= 11 is 0. The molecule has 7 nitrogen and oxygen atoms in total. The Balaban J connectivity index is 2.98. The van der Waals surface area contributed by atoms with Crippen LogP contribution in [0.3, 0.4) is 0 Å². The third kappa shape index (κ3) is 4.53. The molecule has 0 aromatic heterocycles. The fourth-order valence-electron chi connectivity index (χ4n) is 1.82. The lowest BCUT2D eigenvalue weighted by Gasteiger charge is -2.38. The molecule has 1 saturated heterocycles. The zero-order chi connectivity index (χ0) is 16.4. The Hall–Kier alpha value is -0.910. The molecule has 1 aliphatic rings. The second-order valence-electron chi connectivity index (χ2n) is 4.35. The third-order valence-corrected chi connectivity index (χ3v) is 3.79. The summed E-state index contributed by atoms with van der Waals surface area (Å²) in [6.07, 6.45) is -5.07. The maximum atomic E-state index is 12.4. The number of alkyl halides is 3. The first-order valence-corrected chi connectivity index (χ1v) is 7.23. The van der Waals surface area contributed by atoms with Gasteiger partial charge in [0.25, 0.3) is 0 Å². The highest BCUT2D eigenvalue weighted by atomic mass is 32.2. The number of carbonyl (C=O) groups excluding carboxylic acids is 1. The van der Waals surface area contributed by atoms with Crippen molar-refractivity contribution in [3.8, 4) is 0 Å². The third-order valence-electron chi connectivity index (χ3n) is 2.72. The molecule has 0 N–H and O–H groups in total. The number of rotatable bonds is 4. The van der Waals surface area contributed by atoms with E-state index in [0.29, 0.717) is 0 Å². The molecule has 124 valence electrons. The Labute approximate surface area is 119 Å². The normalized spacial score (nSPS) is 31.0. The van der Waals surface area contributed by atoms with Crippen LogP contribution in [0.2, 0.25) is 0 Å². The van der Waals surface area contributed by atoms with Crippen LogP contribution in [0.25, 0.3) is 0 Å². The Morgan fingerprint density at radius 1 is 1.33 bits per heavy atom. The van der Waals surface area contributed by atoms with E-state index in [0.717, 1.165) is 6.92 Å². The van der Waals surface area contributed by atoms with E-state index in [1.54, 1.807) is 0 Å². The molecule has 0 aliphatic carbocycles. The van der Waals surface area contributed by atoms with Crippen molar-refractivity contribution in [2.45, 2.75) is 50.4 Å². The van der Waals surface area contributed by atoms with Crippen LogP contribution < -0.4 is 0 Å². The molecule has 4 atom stereocenters. The van der Waals surface area contributed by atoms with Gasteiger partial charge < -0.3 is 14.2 Å². The zero-order valence-corrected chi connectivity index (χ0v) is 12.2. The van der Waals surface area contributed by atoms with Crippen LogP contribution in [0, 0.1) is 0 Å². The summed E-state index contributed by atoms with van der Waals surface area (Å²) < 4.78 is 78.3. The van der Waals surface area contributed by atoms with Gasteiger partial charge in [-0.2, -0.15) is 21.6 Å². The number of carbonyl (C=O) groups is 1. The van der Waals surface area contributed by atoms with Crippen LogP contribution in [-0.4, -0.2) is 51.6 Å². The highest BCUT2D eigenvalue weighted by Crippen LogP contribution is 2.32. The van der Waals surface area contributed by atoms with Crippen LogP contribution >= 0.6 is 0 Å². The number of ether oxygens (including phenoxy) is 3. The van der Waals surface area contributed by atoms with Crippen molar-refractivity contribution in [3.05, 3.63) is 0 Å². The average molecular weight is 336 g/mol. The van der Waals surface area contributed by atoms with Crippen molar-refractivity contribution in [3.63, 3.8) is 0 Å². The Morgan fingerprint density at radius 2 is 1.90 bits per heavy atom. The number of hydrogen-bond acceptors (Lipinski definition) is 7. The zero-order valence-electron chi connectivity index (χ0n) is 11.4. The molecular formula is C10H15F3O7S. The van der Waals surface area contributed by atoms with Gasteiger partial charge in [-0.3, -0.25) is 8.98 Å². The second kappa shape index (κ2) is 6.46. The molecular weight excluding hydrogens is 321 g/mol. The minimum Gasteiger partial charge on any atom is -0.457 e. The Bertz CT molecular complexity index is 476. The minimum absolute atomic E-state index is 0.339. The van der Waals surface area contributed by atoms with Crippen LogP contribution in [-0.2, 0) is 33.3 Å². The Morgan fingerprint density at radius 3 is 2.33 bits per heavy atom. The molecule has 0 aromatic rings. The number of esters is 1. The van der Waals surface area contributed by atoms with E-state index in [9.17, 15) is 26.4 Å². The standard InChI is InChI=1S/C10H15F3O7S/c1-5-9(19-6(2)14)7(4-8(17-3)18-5)20-21(15,16)10(11,12)13/h5,7-9H,4H2,1-3H3/t5-,7+,8+,9-/m0/s1. The molecule has 0 saturated carbocycles. The van der Waals surface area contributed by atoms with E-state index in [2.05, 4.69) is 4.18 Å². The average Bonchev–Trinajstić information content (AvgIpc) is 2.30. The molecule has 21 heavy (non-hydrogen) atoms. The van der Waals surface area contributed by atoms with Gasteiger partial charge in [-0.15, -0.1) is 0 Å².